The molecule has 0 bridgehead atoms. The van der Waals surface area contributed by atoms with Crippen molar-refractivity contribution < 1.29 is 9.59 Å². The molecule has 1 aliphatic rings. The molecular weight excluding hydrogens is 328 g/mol. The van der Waals surface area contributed by atoms with Gasteiger partial charge in [-0.2, -0.15) is 10.4 Å². The molecule has 2 amide bonds. The summed E-state index contributed by atoms with van der Waals surface area (Å²) in [5.41, 5.74) is 3.04. The van der Waals surface area contributed by atoms with Crippen LogP contribution in [0.3, 0.4) is 0 Å². The summed E-state index contributed by atoms with van der Waals surface area (Å²) in [6.45, 7) is 0.542. The van der Waals surface area contributed by atoms with E-state index in [4.69, 9.17) is 5.26 Å². The van der Waals surface area contributed by atoms with Gasteiger partial charge in [-0.15, -0.1) is 0 Å². The third kappa shape index (κ3) is 4.33. The summed E-state index contributed by atoms with van der Waals surface area (Å²) in [4.78, 5) is 24.3. The molecule has 0 aromatic heterocycles. The van der Waals surface area contributed by atoms with E-state index in [1.165, 1.54) is 5.01 Å². The highest BCUT2D eigenvalue weighted by molar-refractivity contribution is 6.02. The number of anilines is 1. The molecule has 1 heterocycles. The zero-order valence-electron chi connectivity index (χ0n) is 14.2. The Kier molecular flexibility index (Phi) is 5.40. The van der Waals surface area contributed by atoms with Gasteiger partial charge >= 0.3 is 0 Å². The lowest BCUT2D eigenvalue weighted by molar-refractivity contribution is -0.132. The Morgan fingerprint density at radius 2 is 1.81 bits per heavy atom. The maximum Gasteiger partial charge on any atom is 0.243 e. The second-order valence-corrected chi connectivity index (χ2v) is 5.92. The van der Waals surface area contributed by atoms with E-state index in [0.29, 0.717) is 24.2 Å². The number of carbonyl (C=O) groups excluding carboxylic acids is 2. The van der Waals surface area contributed by atoms with Crippen molar-refractivity contribution in [2.24, 2.45) is 5.10 Å². The van der Waals surface area contributed by atoms with E-state index in [-0.39, 0.29) is 24.7 Å². The number of nitrogens with one attached hydrogen (secondary N) is 1. The van der Waals surface area contributed by atoms with Crippen LogP contribution in [0.25, 0.3) is 0 Å². The SMILES string of the molecule is N#Cc1ccc(NC(=O)CCC(=O)N2CCC(c3ccccc3)=N2)cc1. The molecule has 0 atom stereocenters. The third-order valence-electron chi connectivity index (χ3n) is 4.06. The fourth-order valence-electron chi connectivity index (χ4n) is 2.67. The molecule has 0 spiro atoms. The van der Waals surface area contributed by atoms with Gasteiger partial charge in [0.1, 0.15) is 0 Å². The van der Waals surface area contributed by atoms with Crippen molar-refractivity contribution in [3.8, 4) is 6.07 Å². The Morgan fingerprint density at radius 3 is 2.50 bits per heavy atom. The smallest absolute Gasteiger partial charge is 0.243 e. The highest BCUT2D eigenvalue weighted by Crippen LogP contribution is 2.15. The molecule has 6 heteroatoms. The predicted molar refractivity (Wildman–Crippen MR) is 98.3 cm³/mol. The molecule has 0 saturated heterocycles. The summed E-state index contributed by atoms with van der Waals surface area (Å²) in [6.07, 6.45) is 0.909. The Balaban J connectivity index is 1.50. The minimum absolute atomic E-state index is 0.0888. The van der Waals surface area contributed by atoms with Crippen molar-refractivity contribution >= 4 is 23.2 Å². The number of nitrogens with zero attached hydrogens (tertiary/aromatic N) is 3. The van der Waals surface area contributed by atoms with Crippen molar-refractivity contribution in [1.29, 1.82) is 5.26 Å². The minimum Gasteiger partial charge on any atom is -0.326 e. The van der Waals surface area contributed by atoms with Gasteiger partial charge in [0, 0.05) is 24.9 Å². The quantitative estimate of drug-likeness (QED) is 0.903. The molecule has 1 N–H and O–H groups in total. The van der Waals surface area contributed by atoms with Crippen LogP contribution in [0.5, 0.6) is 0 Å². The summed E-state index contributed by atoms with van der Waals surface area (Å²) in [6, 6.07) is 18.4. The summed E-state index contributed by atoms with van der Waals surface area (Å²) < 4.78 is 0. The molecular formula is C20H18N4O2. The molecule has 0 unspecified atom stereocenters. The van der Waals surface area contributed by atoms with E-state index in [0.717, 1.165) is 11.3 Å². The highest BCUT2D eigenvalue weighted by Gasteiger charge is 2.21. The lowest BCUT2D eigenvalue weighted by Gasteiger charge is -2.11. The van der Waals surface area contributed by atoms with Crippen LogP contribution in [0.4, 0.5) is 5.69 Å². The lowest BCUT2D eigenvalue weighted by Crippen LogP contribution is -2.24. The second kappa shape index (κ2) is 8.08. The van der Waals surface area contributed by atoms with E-state index in [1.54, 1.807) is 24.3 Å². The zero-order valence-corrected chi connectivity index (χ0v) is 14.2. The van der Waals surface area contributed by atoms with Gasteiger partial charge in [0.2, 0.25) is 11.8 Å². The number of nitriles is 1. The monoisotopic (exact) mass is 346 g/mol. The van der Waals surface area contributed by atoms with Gasteiger partial charge in [0.25, 0.3) is 0 Å². The van der Waals surface area contributed by atoms with Crippen LogP contribution in [0, 0.1) is 11.3 Å². The molecule has 0 aliphatic carbocycles. The van der Waals surface area contributed by atoms with E-state index < -0.39 is 0 Å². The van der Waals surface area contributed by atoms with Crippen molar-refractivity contribution in [3.05, 3.63) is 65.7 Å². The number of carbonyl (C=O) groups is 2. The molecule has 3 rings (SSSR count). The van der Waals surface area contributed by atoms with Crippen LogP contribution >= 0.6 is 0 Å². The maximum absolute atomic E-state index is 12.3. The van der Waals surface area contributed by atoms with Crippen LogP contribution in [0.2, 0.25) is 0 Å². The Morgan fingerprint density at radius 1 is 1.08 bits per heavy atom. The third-order valence-corrected chi connectivity index (χ3v) is 4.06. The molecule has 6 nitrogen and oxygen atoms in total. The van der Waals surface area contributed by atoms with Crippen LogP contribution in [0.1, 0.15) is 30.4 Å². The first-order valence-electron chi connectivity index (χ1n) is 8.39. The van der Waals surface area contributed by atoms with Gasteiger partial charge in [-0.1, -0.05) is 30.3 Å². The molecule has 130 valence electrons. The van der Waals surface area contributed by atoms with Gasteiger partial charge in [-0.3, -0.25) is 9.59 Å². The summed E-state index contributed by atoms with van der Waals surface area (Å²) in [7, 11) is 0. The highest BCUT2D eigenvalue weighted by atomic mass is 16.2. The topological polar surface area (TPSA) is 85.6 Å². The Bertz CT molecular complexity index is 867. The molecule has 2 aromatic rings. The number of hydrogen-bond donors (Lipinski definition) is 1. The van der Waals surface area contributed by atoms with Crippen molar-refractivity contribution in [3.63, 3.8) is 0 Å². The molecule has 26 heavy (non-hydrogen) atoms. The van der Waals surface area contributed by atoms with Gasteiger partial charge in [0.05, 0.1) is 23.9 Å². The standard InChI is InChI=1S/C20H18N4O2/c21-14-15-6-8-17(9-7-15)22-19(25)10-11-20(26)24-13-12-18(23-24)16-4-2-1-3-5-16/h1-9H,10-13H2,(H,22,25). The van der Waals surface area contributed by atoms with Gasteiger partial charge in [-0.05, 0) is 29.8 Å². The first-order valence-corrected chi connectivity index (χ1v) is 8.39. The van der Waals surface area contributed by atoms with E-state index in [9.17, 15) is 9.59 Å². The van der Waals surface area contributed by atoms with Gasteiger partial charge in [0.15, 0.2) is 0 Å². The number of hydrogen-bond acceptors (Lipinski definition) is 4. The van der Waals surface area contributed by atoms with Crippen LogP contribution < -0.4 is 5.32 Å². The molecule has 0 radical (unpaired) electrons. The van der Waals surface area contributed by atoms with Crippen molar-refractivity contribution in [2.75, 3.05) is 11.9 Å². The second-order valence-electron chi connectivity index (χ2n) is 5.92. The zero-order chi connectivity index (χ0) is 18.4. The normalized spacial score (nSPS) is 13.0. The summed E-state index contributed by atoms with van der Waals surface area (Å²) in [5.74, 6) is -0.402. The van der Waals surface area contributed by atoms with Gasteiger partial charge < -0.3 is 5.32 Å². The predicted octanol–water partition coefficient (Wildman–Crippen LogP) is 2.91. The first-order chi connectivity index (χ1) is 12.7. The van der Waals surface area contributed by atoms with E-state index in [2.05, 4.69) is 10.4 Å². The Labute approximate surface area is 151 Å². The lowest BCUT2D eigenvalue weighted by atomic mass is 10.1. The van der Waals surface area contributed by atoms with Gasteiger partial charge in [-0.25, -0.2) is 5.01 Å². The Hall–Kier alpha value is -3.46. The van der Waals surface area contributed by atoms with Crippen LogP contribution in [0.15, 0.2) is 59.7 Å². The molecule has 0 fully saturated rings. The number of benzene rings is 2. The minimum atomic E-state index is -0.241. The molecule has 0 saturated carbocycles. The van der Waals surface area contributed by atoms with E-state index in [1.807, 2.05) is 36.4 Å². The number of rotatable bonds is 5. The average Bonchev–Trinajstić information content (AvgIpc) is 3.18. The fraction of sp³-hybridized carbons (Fsp3) is 0.200. The largest absolute Gasteiger partial charge is 0.326 e. The molecule has 1 aliphatic heterocycles. The summed E-state index contributed by atoms with van der Waals surface area (Å²) >= 11 is 0. The number of amides is 2. The van der Waals surface area contributed by atoms with Crippen LogP contribution in [-0.2, 0) is 9.59 Å². The van der Waals surface area contributed by atoms with Crippen molar-refractivity contribution in [2.45, 2.75) is 19.3 Å². The average molecular weight is 346 g/mol. The van der Waals surface area contributed by atoms with Crippen LogP contribution in [-0.4, -0.2) is 29.1 Å². The summed E-state index contributed by atoms with van der Waals surface area (Å²) in [5, 5.41) is 17.3. The fourth-order valence-corrected chi connectivity index (χ4v) is 2.67. The first kappa shape index (κ1) is 17.4. The maximum atomic E-state index is 12.3. The van der Waals surface area contributed by atoms with E-state index >= 15 is 0 Å². The van der Waals surface area contributed by atoms with Crippen molar-refractivity contribution in [1.82, 2.24) is 5.01 Å². The molecule has 2 aromatic carbocycles. The number of hydrazone groups is 1.